The lowest BCUT2D eigenvalue weighted by molar-refractivity contribution is 0.122. The number of nitrogen functional groups attached to an aromatic ring is 2. The summed E-state index contributed by atoms with van der Waals surface area (Å²) in [4.78, 5) is 19.0. The van der Waals surface area contributed by atoms with Crippen LogP contribution in [-0.2, 0) is 4.74 Å². The Kier molecular flexibility index (Phi) is 8.52. The van der Waals surface area contributed by atoms with Crippen molar-refractivity contribution < 1.29 is 4.74 Å². The molecule has 1 aliphatic heterocycles. The van der Waals surface area contributed by atoms with E-state index in [9.17, 15) is 5.26 Å². The molecule has 1 saturated heterocycles. The van der Waals surface area contributed by atoms with Crippen molar-refractivity contribution >= 4 is 28.8 Å². The molecule has 0 aliphatic carbocycles. The number of nitrogens with two attached hydrogens (primary N) is 2. The molecule has 1 fully saturated rings. The predicted octanol–water partition coefficient (Wildman–Crippen LogP) is 4.30. The van der Waals surface area contributed by atoms with Gasteiger partial charge in [0.25, 0.3) is 0 Å². The zero-order chi connectivity index (χ0) is 27.9. The van der Waals surface area contributed by atoms with Gasteiger partial charge >= 0.3 is 0 Å². The highest BCUT2D eigenvalue weighted by molar-refractivity contribution is 6.30. The molecule has 0 saturated carbocycles. The van der Waals surface area contributed by atoms with E-state index >= 15 is 0 Å². The number of nitrogens with zero attached hydrogens (tertiary/aromatic N) is 7. The number of ether oxygens (including phenoxy) is 1. The maximum absolute atomic E-state index is 9.46. The Labute approximate surface area is 231 Å². The number of pyridine rings is 4. The molecule has 4 N–H and O–H groups in total. The lowest BCUT2D eigenvalue weighted by Crippen LogP contribution is -2.37. The first-order valence-electron chi connectivity index (χ1n) is 12.0. The highest BCUT2D eigenvalue weighted by atomic mass is 35.5. The topological polar surface area (TPSA) is 164 Å². The van der Waals surface area contributed by atoms with Gasteiger partial charge in [-0.1, -0.05) is 11.6 Å². The highest BCUT2D eigenvalue weighted by Gasteiger charge is 2.17. The van der Waals surface area contributed by atoms with E-state index < -0.39 is 0 Å². The molecule has 4 aromatic rings. The highest BCUT2D eigenvalue weighted by Crippen LogP contribution is 2.28. The number of hydrogen-bond donors (Lipinski definition) is 2. The standard InChI is InChI=1S/C16H17N5O.C12H9ClN4/c1-11-15(7-14(18)10-19-11)13-6-12(8-17)16(20-9-13)21-2-4-22-5-3-21;1-7-11(3-10(15)6-16-7)9-2-8(4-14)12(13)17-5-9/h6-7,9-10H,2-5,18H2,1H3;2-3,5-6H,15H2,1H3. The van der Waals surface area contributed by atoms with Crippen LogP contribution in [0.15, 0.2) is 49.1 Å². The molecule has 0 aromatic carbocycles. The fourth-order valence-electron chi connectivity index (χ4n) is 4.07. The Balaban J connectivity index is 0.000000187. The molecule has 11 heteroatoms. The number of morpholine rings is 1. The van der Waals surface area contributed by atoms with Crippen LogP contribution < -0.4 is 16.4 Å². The summed E-state index contributed by atoms with van der Waals surface area (Å²) in [5.74, 6) is 0.712. The summed E-state index contributed by atoms with van der Waals surface area (Å²) < 4.78 is 5.34. The minimum atomic E-state index is 0.200. The van der Waals surface area contributed by atoms with Crippen LogP contribution in [0.4, 0.5) is 17.2 Å². The number of aryl methyl sites for hydroxylation is 2. The molecule has 0 unspecified atom stereocenters. The van der Waals surface area contributed by atoms with Crippen LogP contribution in [0.25, 0.3) is 22.3 Å². The first-order chi connectivity index (χ1) is 18.8. The van der Waals surface area contributed by atoms with Gasteiger partial charge in [0, 0.05) is 59.1 Å². The summed E-state index contributed by atoms with van der Waals surface area (Å²) in [6, 6.07) is 11.4. The van der Waals surface area contributed by atoms with Gasteiger partial charge in [0.05, 0.1) is 48.1 Å². The SMILES string of the molecule is Cc1ncc(N)cc1-c1cnc(Cl)c(C#N)c1.Cc1ncc(N)cc1-c1cnc(N2CCOCC2)c(C#N)c1. The molecule has 0 atom stereocenters. The third-order valence-corrected chi connectivity index (χ3v) is 6.40. The smallest absolute Gasteiger partial charge is 0.146 e. The maximum Gasteiger partial charge on any atom is 0.146 e. The van der Waals surface area contributed by atoms with Crippen LogP contribution in [0.3, 0.4) is 0 Å². The van der Waals surface area contributed by atoms with Crippen molar-refractivity contribution in [3.05, 3.63) is 76.7 Å². The summed E-state index contributed by atoms with van der Waals surface area (Å²) in [6.07, 6.45) is 6.59. The molecule has 196 valence electrons. The lowest BCUT2D eigenvalue weighted by atomic mass is 10.0. The number of rotatable bonds is 3. The number of anilines is 3. The third kappa shape index (κ3) is 6.39. The fraction of sp³-hybridized carbons (Fsp3) is 0.214. The van der Waals surface area contributed by atoms with Crippen molar-refractivity contribution in [2.45, 2.75) is 13.8 Å². The second-order valence-corrected chi connectivity index (χ2v) is 9.14. The first-order valence-corrected chi connectivity index (χ1v) is 12.4. The monoisotopic (exact) mass is 539 g/mol. The van der Waals surface area contributed by atoms with Gasteiger partial charge in [-0.3, -0.25) is 9.97 Å². The normalized spacial score (nSPS) is 12.6. The molecule has 0 amide bonds. The van der Waals surface area contributed by atoms with E-state index in [0.29, 0.717) is 41.5 Å². The molecular formula is C28H26ClN9O. The molecule has 39 heavy (non-hydrogen) atoms. The molecule has 1 aliphatic rings. The van der Waals surface area contributed by atoms with Gasteiger partial charge in [0.15, 0.2) is 0 Å². The van der Waals surface area contributed by atoms with E-state index in [2.05, 4.69) is 30.9 Å². The predicted molar refractivity (Wildman–Crippen MR) is 151 cm³/mol. The molecule has 0 bridgehead atoms. The number of nitriles is 2. The second-order valence-electron chi connectivity index (χ2n) is 8.78. The van der Waals surface area contributed by atoms with Crippen molar-refractivity contribution in [3.8, 4) is 34.4 Å². The van der Waals surface area contributed by atoms with E-state index in [-0.39, 0.29) is 5.15 Å². The molecule has 0 radical (unpaired) electrons. The summed E-state index contributed by atoms with van der Waals surface area (Å²) >= 11 is 5.78. The molecule has 4 aromatic heterocycles. The Morgan fingerprint density at radius 3 is 1.82 bits per heavy atom. The van der Waals surface area contributed by atoms with Crippen molar-refractivity contribution in [3.63, 3.8) is 0 Å². The molecule has 10 nitrogen and oxygen atoms in total. The largest absolute Gasteiger partial charge is 0.397 e. The van der Waals surface area contributed by atoms with Gasteiger partial charge in [0.2, 0.25) is 0 Å². The van der Waals surface area contributed by atoms with E-state index in [1.807, 2.05) is 32.0 Å². The quantitative estimate of drug-likeness (QED) is 0.358. The fourth-order valence-corrected chi connectivity index (χ4v) is 4.22. The molecule has 5 rings (SSSR count). The van der Waals surface area contributed by atoms with Gasteiger partial charge in [-0.25, -0.2) is 9.97 Å². The summed E-state index contributed by atoms with van der Waals surface area (Å²) in [5.41, 5.74) is 18.6. The third-order valence-electron chi connectivity index (χ3n) is 6.10. The average molecular weight is 540 g/mol. The minimum Gasteiger partial charge on any atom is -0.397 e. The van der Waals surface area contributed by atoms with Crippen LogP contribution in [0.5, 0.6) is 0 Å². The van der Waals surface area contributed by atoms with E-state index in [1.54, 1.807) is 36.9 Å². The Morgan fingerprint density at radius 1 is 0.769 bits per heavy atom. The van der Waals surface area contributed by atoms with Gasteiger partial charge < -0.3 is 21.1 Å². The maximum atomic E-state index is 9.46. The van der Waals surface area contributed by atoms with Gasteiger partial charge in [-0.15, -0.1) is 0 Å². The average Bonchev–Trinajstić information content (AvgIpc) is 2.96. The van der Waals surface area contributed by atoms with Crippen LogP contribution >= 0.6 is 11.6 Å². The van der Waals surface area contributed by atoms with Gasteiger partial charge in [-0.2, -0.15) is 10.5 Å². The Morgan fingerprint density at radius 2 is 1.28 bits per heavy atom. The van der Waals surface area contributed by atoms with Crippen molar-refractivity contribution in [2.24, 2.45) is 0 Å². The first kappa shape index (κ1) is 27.3. The molecule has 5 heterocycles. The van der Waals surface area contributed by atoms with Crippen LogP contribution in [-0.4, -0.2) is 46.2 Å². The van der Waals surface area contributed by atoms with Gasteiger partial charge in [-0.05, 0) is 38.1 Å². The van der Waals surface area contributed by atoms with Crippen LogP contribution in [0.2, 0.25) is 5.15 Å². The van der Waals surface area contributed by atoms with Crippen molar-refractivity contribution in [1.29, 1.82) is 10.5 Å². The Bertz CT molecular complexity index is 1590. The number of aromatic nitrogens is 4. The Hall–Kier alpha value is -4.77. The van der Waals surface area contributed by atoms with E-state index in [1.165, 1.54) is 0 Å². The summed E-state index contributed by atoms with van der Waals surface area (Å²) in [7, 11) is 0. The zero-order valence-electron chi connectivity index (χ0n) is 21.5. The van der Waals surface area contributed by atoms with E-state index in [0.717, 1.165) is 46.7 Å². The van der Waals surface area contributed by atoms with Crippen molar-refractivity contribution in [1.82, 2.24) is 19.9 Å². The van der Waals surface area contributed by atoms with Crippen LogP contribution in [0, 0.1) is 36.5 Å². The number of hydrogen-bond acceptors (Lipinski definition) is 10. The lowest BCUT2D eigenvalue weighted by Gasteiger charge is -2.28. The second kappa shape index (κ2) is 12.2. The molecular weight excluding hydrogens is 514 g/mol. The van der Waals surface area contributed by atoms with Crippen LogP contribution in [0.1, 0.15) is 22.5 Å². The molecule has 0 spiro atoms. The van der Waals surface area contributed by atoms with E-state index in [4.69, 9.17) is 33.1 Å². The summed E-state index contributed by atoms with van der Waals surface area (Å²) in [5, 5.41) is 18.6. The number of halogens is 1. The van der Waals surface area contributed by atoms with Gasteiger partial charge in [0.1, 0.15) is 23.1 Å². The van der Waals surface area contributed by atoms with Crippen molar-refractivity contribution in [2.75, 3.05) is 42.7 Å². The zero-order valence-corrected chi connectivity index (χ0v) is 22.3. The summed E-state index contributed by atoms with van der Waals surface area (Å²) in [6.45, 7) is 6.60. The minimum absolute atomic E-state index is 0.200.